The molecule has 0 bridgehead atoms. The van der Waals surface area contributed by atoms with Crippen LogP contribution in [0.2, 0.25) is 0 Å². The molecule has 0 aliphatic rings. The molecule has 132 valence electrons. The Kier molecular flexibility index (Phi) is 5.71. The summed E-state index contributed by atoms with van der Waals surface area (Å²) in [7, 11) is 1.42. The van der Waals surface area contributed by atoms with Crippen LogP contribution in [0.1, 0.15) is 35.0 Å². The molecule has 2 aromatic rings. The Morgan fingerprint density at radius 3 is 2.48 bits per heavy atom. The Hall–Kier alpha value is -2.93. The fourth-order valence-corrected chi connectivity index (χ4v) is 2.35. The standard InChI is InChI=1S/C18H19NO6/c1-11-16(25-18(24-3)12(2)17(11)21)6-4-5-15(20)13-7-9-14(10-8-13)19(22)23/h4,6-10,15,20H,5H2,1-3H3/b6-4+. The van der Waals surface area contributed by atoms with E-state index in [2.05, 4.69) is 0 Å². The minimum absolute atomic E-state index is 0.0318. The van der Waals surface area contributed by atoms with Crippen molar-refractivity contribution in [2.75, 3.05) is 7.11 Å². The summed E-state index contributed by atoms with van der Waals surface area (Å²) >= 11 is 0. The van der Waals surface area contributed by atoms with Crippen LogP contribution in [-0.2, 0) is 0 Å². The zero-order chi connectivity index (χ0) is 18.6. The van der Waals surface area contributed by atoms with E-state index in [0.29, 0.717) is 22.5 Å². The van der Waals surface area contributed by atoms with Gasteiger partial charge >= 0.3 is 0 Å². The smallest absolute Gasteiger partial charge is 0.291 e. The van der Waals surface area contributed by atoms with E-state index in [9.17, 15) is 20.0 Å². The fraction of sp³-hybridized carbons (Fsp3) is 0.278. The summed E-state index contributed by atoms with van der Waals surface area (Å²) < 4.78 is 10.6. The molecule has 0 aliphatic heterocycles. The first-order chi connectivity index (χ1) is 11.8. The van der Waals surface area contributed by atoms with Crippen molar-refractivity contribution in [1.82, 2.24) is 0 Å². The topological polar surface area (TPSA) is 103 Å². The number of nitro benzene ring substituents is 1. The van der Waals surface area contributed by atoms with Crippen molar-refractivity contribution in [1.29, 1.82) is 0 Å². The van der Waals surface area contributed by atoms with E-state index in [0.717, 1.165) is 0 Å². The van der Waals surface area contributed by atoms with Crippen molar-refractivity contribution < 1.29 is 19.2 Å². The molecule has 0 saturated carbocycles. The molecule has 25 heavy (non-hydrogen) atoms. The normalized spacial score (nSPS) is 12.3. The zero-order valence-electron chi connectivity index (χ0n) is 14.2. The number of nitro groups is 1. The van der Waals surface area contributed by atoms with Crippen LogP contribution in [0.5, 0.6) is 5.95 Å². The molecular formula is C18H19NO6. The molecule has 0 radical (unpaired) electrons. The van der Waals surface area contributed by atoms with Gasteiger partial charge < -0.3 is 14.3 Å². The molecule has 1 aromatic heterocycles. The summed E-state index contributed by atoms with van der Waals surface area (Å²) in [5.41, 5.74) is 1.24. The highest BCUT2D eigenvalue weighted by Gasteiger charge is 2.13. The summed E-state index contributed by atoms with van der Waals surface area (Å²) in [4.78, 5) is 22.2. The van der Waals surface area contributed by atoms with Crippen LogP contribution in [0.3, 0.4) is 0 Å². The Balaban J connectivity index is 2.14. The molecule has 1 heterocycles. The predicted octanol–water partition coefficient (Wildman–Crippen LogP) is 3.31. The summed E-state index contributed by atoms with van der Waals surface area (Å²) in [5.74, 6) is 0.523. The average molecular weight is 345 g/mol. The molecule has 1 atom stereocenters. The minimum Gasteiger partial charge on any atom is -0.468 e. The van der Waals surface area contributed by atoms with Crippen molar-refractivity contribution in [3.8, 4) is 5.95 Å². The van der Waals surface area contributed by atoms with Gasteiger partial charge in [-0.15, -0.1) is 0 Å². The highest BCUT2D eigenvalue weighted by molar-refractivity contribution is 5.49. The third kappa shape index (κ3) is 4.13. The van der Waals surface area contributed by atoms with Gasteiger partial charge in [-0.3, -0.25) is 14.9 Å². The van der Waals surface area contributed by atoms with Gasteiger partial charge in [0.15, 0.2) is 5.43 Å². The summed E-state index contributed by atoms with van der Waals surface area (Å²) in [6.07, 6.45) is 2.72. The monoisotopic (exact) mass is 345 g/mol. The number of nitrogens with zero attached hydrogens (tertiary/aromatic N) is 1. The van der Waals surface area contributed by atoms with Crippen molar-refractivity contribution in [2.24, 2.45) is 0 Å². The molecule has 1 N–H and O–H groups in total. The number of rotatable bonds is 6. The highest BCUT2D eigenvalue weighted by atomic mass is 16.6. The third-order valence-electron chi connectivity index (χ3n) is 3.86. The average Bonchev–Trinajstić information content (AvgIpc) is 2.61. The van der Waals surface area contributed by atoms with Gasteiger partial charge in [0.05, 0.1) is 23.7 Å². The quantitative estimate of drug-likeness (QED) is 0.636. The van der Waals surface area contributed by atoms with Gasteiger partial charge in [-0.2, -0.15) is 0 Å². The Bertz CT molecular complexity index is 851. The van der Waals surface area contributed by atoms with Crippen molar-refractivity contribution in [3.63, 3.8) is 0 Å². The van der Waals surface area contributed by atoms with Crippen molar-refractivity contribution >= 4 is 11.8 Å². The summed E-state index contributed by atoms with van der Waals surface area (Å²) in [6, 6.07) is 5.71. The van der Waals surface area contributed by atoms with Gasteiger partial charge in [0.1, 0.15) is 5.76 Å². The van der Waals surface area contributed by atoms with Gasteiger partial charge in [-0.05, 0) is 44.0 Å². The van der Waals surface area contributed by atoms with Gasteiger partial charge in [0.25, 0.3) is 11.6 Å². The van der Waals surface area contributed by atoms with Crippen LogP contribution >= 0.6 is 0 Å². The van der Waals surface area contributed by atoms with E-state index in [-0.39, 0.29) is 23.5 Å². The summed E-state index contributed by atoms with van der Waals surface area (Å²) in [5, 5.41) is 20.8. The van der Waals surface area contributed by atoms with E-state index in [1.54, 1.807) is 26.0 Å². The number of ether oxygens (including phenoxy) is 1. The molecule has 7 nitrogen and oxygen atoms in total. The van der Waals surface area contributed by atoms with E-state index in [1.165, 1.54) is 31.4 Å². The van der Waals surface area contributed by atoms with E-state index < -0.39 is 11.0 Å². The van der Waals surface area contributed by atoms with Gasteiger partial charge in [-0.1, -0.05) is 6.08 Å². The zero-order valence-corrected chi connectivity index (χ0v) is 14.2. The number of hydrogen-bond acceptors (Lipinski definition) is 6. The first-order valence-electron chi connectivity index (χ1n) is 7.62. The molecule has 2 rings (SSSR count). The van der Waals surface area contributed by atoms with Crippen molar-refractivity contribution in [3.05, 3.63) is 73.1 Å². The van der Waals surface area contributed by atoms with E-state index in [1.807, 2.05) is 0 Å². The molecule has 0 saturated heterocycles. The molecule has 0 fully saturated rings. The second-order valence-corrected chi connectivity index (χ2v) is 5.54. The second kappa shape index (κ2) is 7.76. The lowest BCUT2D eigenvalue weighted by molar-refractivity contribution is -0.384. The largest absolute Gasteiger partial charge is 0.468 e. The maximum Gasteiger partial charge on any atom is 0.291 e. The van der Waals surface area contributed by atoms with Gasteiger partial charge in [0.2, 0.25) is 0 Å². The number of aliphatic hydroxyl groups excluding tert-OH is 1. The minimum atomic E-state index is -0.823. The molecule has 1 unspecified atom stereocenters. The first kappa shape index (κ1) is 18.4. The van der Waals surface area contributed by atoms with Crippen LogP contribution < -0.4 is 10.2 Å². The fourth-order valence-electron chi connectivity index (χ4n) is 2.35. The number of hydrogen-bond donors (Lipinski definition) is 1. The lowest BCUT2D eigenvalue weighted by Crippen LogP contribution is -2.11. The Labute approximate surface area is 144 Å². The third-order valence-corrected chi connectivity index (χ3v) is 3.86. The van der Waals surface area contributed by atoms with E-state index in [4.69, 9.17) is 9.15 Å². The predicted molar refractivity (Wildman–Crippen MR) is 92.7 cm³/mol. The number of methoxy groups -OCH3 is 1. The number of non-ortho nitro benzene ring substituents is 1. The number of aliphatic hydroxyl groups is 1. The Morgan fingerprint density at radius 1 is 1.28 bits per heavy atom. The summed E-state index contributed by atoms with van der Waals surface area (Å²) in [6.45, 7) is 3.29. The van der Waals surface area contributed by atoms with Crippen molar-refractivity contribution in [2.45, 2.75) is 26.4 Å². The van der Waals surface area contributed by atoms with Crippen LogP contribution in [0, 0.1) is 24.0 Å². The molecule has 7 heteroatoms. The number of benzene rings is 1. The Morgan fingerprint density at radius 2 is 1.92 bits per heavy atom. The van der Waals surface area contributed by atoms with Crippen LogP contribution in [0.15, 0.2) is 39.6 Å². The molecular weight excluding hydrogens is 326 g/mol. The van der Waals surface area contributed by atoms with Crippen LogP contribution in [0.25, 0.3) is 6.08 Å². The van der Waals surface area contributed by atoms with E-state index >= 15 is 0 Å². The SMILES string of the molecule is COc1oc(/C=C/CC(O)c2ccc([N+](=O)[O-])cc2)c(C)c(=O)c1C. The maximum atomic E-state index is 12.1. The molecule has 0 aliphatic carbocycles. The van der Waals surface area contributed by atoms with Crippen LogP contribution in [0.4, 0.5) is 5.69 Å². The molecule has 0 amide bonds. The maximum absolute atomic E-state index is 12.1. The lowest BCUT2D eigenvalue weighted by atomic mass is 10.1. The van der Waals surface area contributed by atoms with Gasteiger partial charge in [-0.25, -0.2) is 0 Å². The first-order valence-corrected chi connectivity index (χ1v) is 7.62. The molecule has 1 aromatic carbocycles. The molecule has 0 spiro atoms. The lowest BCUT2D eigenvalue weighted by Gasteiger charge is -2.09. The van der Waals surface area contributed by atoms with Crippen LogP contribution in [-0.4, -0.2) is 17.1 Å². The second-order valence-electron chi connectivity index (χ2n) is 5.54. The van der Waals surface area contributed by atoms with Gasteiger partial charge in [0, 0.05) is 17.7 Å². The highest BCUT2D eigenvalue weighted by Crippen LogP contribution is 2.23.